The highest BCUT2D eigenvalue weighted by atomic mass is 15.0. The van der Waals surface area contributed by atoms with E-state index in [0.29, 0.717) is 12.1 Å². The third kappa shape index (κ3) is 2.28. The number of piperidine rings is 1. The zero-order valence-corrected chi connectivity index (χ0v) is 9.60. The number of rotatable bonds is 3. The Hall–Kier alpha value is -0.860. The lowest BCUT2D eigenvalue weighted by atomic mass is 10.1. The monoisotopic (exact) mass is 217 g/mol. The van der Waals surface area contributed by atoms with E-state index >= 15 is 0 Å². The Balaban J connectivity index is 1.49. The zero-order chi connectivity index (χ0) is 11.7. The van der Waals surface area contributed by atoms with Crippen LogP contribution in [0.1, 0.15) is 30.7 Å². The van der Waals surface area contributed by atoms with E-state index in [1.54, 1.807) is 5.31 Å². The molecule has 2 heteroatoms. The summed E-state index contributed by atoms with van der Waals surface area (Å²) < 4.78 is 7.54. The fraction of sp³-hybridized carbons (Fsp3) is 0.571. The predicted molar refractivity (Wildman–Crippen MR) is 66.6 cm³/mol. The van der Waals surface area contributed by atoms with Gasteiger partial charge in [-0.05, 0) is 37.9 Å². The first-order valence-electron chi connectivity index (χ1n) is 6.82. The summed E-state index contributed by atoms with van der Waals surface area (Å²) in [7, 11) is 0. The van der Waals surface area contributed by atoms with Crippen molar-refractivity contribution in [3.63, 3.8) is 0 Å². The van der Waals surface area contributed by atoms with E-state index in [0.717, 1.165) is 31.8 Å². The molecule has 0 radical (unpaired) electrons. The lowest BCUT2D eigenvalue weighted by molar-refractivity contribution is 0.383. The van der Waals surface area contributed by atoms with Crippen LogP contribution in [-0.4, -0.2) is 25.2 Å². The molecular formula is C14H20N2. The molecule has 3 rings (SSSR count). The summed E-state index contributed by atoms with van der Waals surface area (Å²) in [6.07, 6.45) is 3.54. The highest BCUT2D eigenvalue weighted by Crippen LogP contribution is 2.41. The smallest absolute Gasteiger partial charge is 0.122 e. The van der Waals surface area contributed by atoms with Crippen molar-refractivity contribution in [2.75, 3.05) is 13.1 Å². The van der Waals surface area contributed by atoms with Crippen molar-refractivity contribution in [3.05, 3.63) is 35.9 Å². The van der Waals surface area contributed by atoms with Gasteiger partial charge in [-0.1, -0.05) is 30.3 Å². The molecule has 1 saturated carbocycles. The van der Waals surface area contributed by atoms with E-state index in [4.69, 9.17) is 1.41 Å². The zero-order valence-electron chi connectivity index (χ0n) is 10.6. The Kier molecular flexibility index (Phi) is 2.62. The topological polar surface area (TPSA) is 24.1 Å². The predicted octanol–water partition coefficient (Wildman–Crippen LogP) is 1.88. The van der Waals surface area contributed by atoms with Gasteiger partial charge < -0.3 is 10.6 Å². The van der Waals surface area contributed by atoms with Crippen LogP contribution >= 0.6 is 0 Å². The van der Waals surface area contributed by atoms with Gasteiger partial charge >= 0.3 is 0 Å². The second kappa shape index (κ2) is 4.56. The molecule has 2 atom stereocenters. The number of hydrogen-bond donors (Lipinski definition) is 2. The van der Waals surface area contributed by atoms with Crippen LogP contribution in [0.5, 0.6) is 0 Å². The summed E-state index contributed by atoms with van der Waals surface area (Å²) in [5, 5.41) is 5.43. The fourth-order valence-electron chi connectivity index (χ4n) is 2.67. The maximum atomic E-state index is 7.54. The first-order chi connectivity index (χ1) is 8.33. The second-order valence-electron chi connectivity index (χ2n) is 4.97. The van der Waals surface area contributed by atoms with Crippen molar-refractivity contribution in [1.29, 1.82) is 0 Å². The molecule has 1 saturated heterocycles. The van der Waals surface area contributed by atoms with Crippen LogP contribution in [0.25, 0.3) is 0 Å². The molecule has 0 aromatic heterocycles. The summed E-state index contributed by atoms with van der Waals surface area (Å²) in [5.41, 5.74) is 1.47. The molecule has 2 nitrogen and oxygen atoms in total. The van der Waals surface area contributed by atoms with Crippen LogP contribution in [0.4, 0.5) is 0 Å². The summed E-state index contributed by atoms with van der Waals surface area (Å²) in [6.45, 7) is 1.83. The Bertz CT molecular complexity index is 360. The Morgan fingerprint density at radius 3 is 2.69 bits per heavy atom. The maximum Gasteiger partial charge on any atom is 0.122 e. The van der Waals surface area contributed by atoms with Crippen LogP contribution < -0.4 is 10.6 Å². The quantitative estimate of drug-likeness (QED) is 0.808. The lowest BCUT2D eigenvalue weighted by Crippen LogP contribution is -2.41. The van der Waals surface area contributed by atoms with Crippen molar-refractivity contribution in [2.45, 2.75) is 37.3 Å². The number of benzene rings is 1. The minimum absolute atomic E-state index is 0.635. The van der Waals surface area contributed by atoms with Gasteiger partial charge in [0, 0.05) is 18.0 Å². The average molecular weight is 217 g/mol. The Morgan fingerprint density at radius 1 is 1.19 bits per heavy atom. The fourth-order valence-corrected chi connectivity index (χ4v) is 2.67. The van der Waals surface area contributed by atoms with E-state index in [1.807, 2.05) is 0 Å². The standard InChI is InChI=1S/C14H20N2/c1-2-4-11(5-3-1)13-10-14(13)16-12-6-8-15-9-7-12/h1-5,12-16H,6-10H2/t13-,14+/m0/s1/i/hD. The van der Waals surface area contributed by atoms with Gasteiger partial charge in [-0.3, -0.25) is 0 Å². The minimum Gasteiger partial charge on any atom is -0.317 e. The van der Waals surface area contributed by atoms with E-state index in [2.05, 4.69) is 35.6 Å². The molecule has 2 fully saturated rings. The summed E-state index contributed by atoms with van der Waals surface area (Å²) >= 11 is 0. The van der Waals surface area contributed by atoms with Crippen LogP contribution in [0, 0.1) is 0 Å². The van der Waals surface area contributed by atoms with E-state index < -0.39 is 0 Å². The number of hydrogen-bond acceptors (Lipinski definition) is 2. The molecule has 0 bridgehead atoms. The van der Waals surface area contributed by atoms with Gasteiger partial charge in [0.2, 0.25) is 0 Å². The van der Waals surface area contributed by atoms with E-state index in [9.17, 15) is 0 Å². The molecule has 1 aliphatic carbocycles. The van der Waals surface area contributed by atoms with E-state index in [1.165, 1.54) is 12.0 Å². The molecular weight excluding hydrogens is 196 g/mol. The third-order valence-corrected chi connectivity index (χ3v) is 3.74. The number of nitrogens with one attached hydrogen (secondary N) is 2. The third-order valence-electron chi connectivity index (χ3n) is 3.74. The minimum atomic E-state index is 0.635. The summed E-state index contributed by atoms with van der Waals surface area (Å²) in [5.74, 6) is 0.727. The van der Waals surface area contributed by atoms with Gasteiger partial charge in [-0.2, -0.15) is 0 Å². The van der Waals surface area contributed by atoms with Crippen LogP contribution in [0.15, 0.2) is 30.3 Å². The molecule has 1 aromatic rings. The van der Waals surface area contributed by atoms with E-state index in [-0.39, 0.29) is 0 Å². The van der Waals surface area contributed by atoms with Gasteiger partial charge in [0.25, 0.3) is 0 Å². The van der Waals surface area contributed by atoms with Crippen molar-refractivity contribution in [2.24, 2.45) is 0 Å². The van der Waals surface area contributed by atoms with Crippen molar-refractivity contribution in [3.8, 4) is 0 Å². The van der Waals surface area contributed by atoms with Gasteiger partial charge in [-0.25, -0.2) is 0 Å². The van der Waals surface area contributed by atoms with Crippen molar-refractivity contribution < 1.29 is 1.41 Å². The van der Waals surface area contributed by atoms with Gasteiger partial charge in [0.05, 0.1) is 0 Å². The molecule has 0 spiro atoms. The molecule has 16 heavy (non-hydrogen) atoms. The highest BCUT2D eigenvalue weighted by molar-refractivity contribution is 5.27. The molecule has 0 unspecified atom stereocenters. The maximum absolute atomic E-state index is 7.54. The largest absolute Gasteiger partial charge is 0.317 e. The second-order valence-corrected chi connectivity index (χ2v) is 4.97. The Morgan fingerprint density at radius 2 is 1.94 bits per heavy atom. The first-order valence-corrected chi connectivity index (χ1v) is 6.38. The lowest BCUT2D eigenvalue weighted by Gasteiger charge is -2.24. The van der Waals surface area contributed by atoms with Gasteiger partial charge in [0.1, 0.15) is 1.41 Å². The van der Waals surface area contributed by atoms with Crippen LogP contribution in [0.2, 0.25) is 1.41 Å². The Labute approximate surface area is 98.9 Å². The van der Waals surface area contributed by atoms with Gasteiger partial charge in [0.15, 0.2) is 0 Å². The molecule has 2 aliphatic rings. The molecule has 2 N–H and O–H groups in total. The summed E-state index contributed by atoms with van der Waals surface area (Å²) in [4.78, 5) is 0. The average Bonchev–Trinajstić information content (AvgIpc) is 3.13. The normalized spacial score (nSPS) is 32.4. The molecule has 1 aromatic carbocycles. The van der Waals surface area contributed by atoms with Crippen molar-refractivity contribution in [1.82, 2.24) is 10.6 Å². The van der Waals surface area contributed by atoms with Crippen LogP contribution in [-0.2, 0) is 0 Å². The molecule has 1 aliphatic heterocycles. The summed E-state index contributed by atoms with van der Waals surface area (Å²) in [6, 6.07) is 12.1. The van der Waals surface area contributed by atoms with Gasteiger partial charge in [-0.15, -0.1) is 0 Å². The van der Waals surface area contributed by atoms with Crippen LogP contribution in [0.3, 0.4) is 0 Å². The molecule has 1 heterocycles. The SMILES string of the molecule is [2H]N1CCC(N[C@@H]2C[C@H]2c2ccccc2)CC1. The molecule has 86 valence electrons. The van der Waals surface area contributed by atoms with Crippen molar-refractivity contribution >= 4 is 0 Å². The highest BCUT2D eigenvalue weighted by Gasteiger charge is 2.39. The first kappa shape index (κ1) is 9.20. The molecule has 0 amide bonds.